The minimum atomic E-state index is -0.511. The highest BCUT2D eigenvalue weighted by atomic mass is 79.9. The predicted molar refractivity (Wildman–Crippen MR) is 54.6 cm³/mol. The van der Waals surface area contributed by atoms with Crippen LogP contribution in [0.5, 0.6) is 0 Å². The van der Waals surface area contributed by atoms with Crippen LogP contribution >= 0.6 is 27.5 Å². The maximum absolute atomic E-state index is 10.6. The molecule has 14 heavy (non-hydrogen) atoms. The van der Waals surface area contributed by atoms with E-state index in [1.165, 1.54) is 16.8 Å². The summed E-state index contributed by atoms with van der Waals surface area (Å²) in [5.74, 6) is -0.108. The van der Waals surface area contributed by atoms with Crippen LogP contribution in [0, 0.1) is 10.1 Å². The number of pyridine rings is 1. The highest BCUT2D eigenvalue weighted by molar-refractivity contribution is 9.10. The fraction of sp³-hybridized carbons (Fsp3) is 0. The molecule has 2 heterocycles. The van der Waals surface area contributed by atoms with Gasteiger partial charge in [0.1, 0.15) is 12.4 Å². The van der Waals surface area contributed by atoms with Gasteiger partial charge in [-0.15, -0.1) is 0 Å². The Morgan fingerprint density at radius 2 is 2.36 bits per heavy atom. The number of halogens is 2. The molecule has 0 aromatic carbocycles. The van der Waals surface area contributed by atoms with E-state index in [-0.39, 0.29) is 5.82 Å². The monoisotopic (exact) mass is 275 g/mol. The van der Waals surface area contributed by atoms with Crippen LogP contribution in [0.2, 0.25) is 5.02 Å². The Hall–Kier alpha value is -1.14. The normalized spacial score (nSPS) is 10.7. The van der Waals surface area contributed by atoms with Crippen LogP contribution in [-0.2, 0) is 0 Å². The van der Waals surface area contributed by atoms with Crippen molar-refractivity contribution in [2.45, 2.75) is 0 Å². The largest absolute Gasteiger partial charge is 0.358 e. The smallest absolute Gasteiger partial charge is 0.347 e. The molecule has 0 spiro atoms. The maximum atomic E-state index is 10.6. The molecule has 0 fully saturated rings. The molecule has 72 valence electrons. The molecule has 5 nitrogen and oxygen atoms in total. The second-order valence-electron chi connectivity index (χ2n) is 2.57. The summed E-state index contributed by atoms with van der Waals surface area (Å²) in [6.07, 6.45) is 2.64. The third kappa shape index (κ3) is 1.36. The molecule has 0 saturated carbocycles. The first-order chi connectivity index (χ1) is 6.59. The average Bonchev–Trinajstić information content (AvgIpc) is 2.47. The fourth-order valence-electron chi connectivity index (χ4n) is 1.14. The van der Waals surface area contributed by atoms with E-state index in [0.29, 0.717) is 15.1 Å². The van der Waals surface area contributed by atoms with Gasteiger partial charge in [-0.1, -0.05) is 11.6 Å². The van der Waals surface area contributed by atoms with Gasteiger partial charge >= 0.3 is 5.82 Å². The minimum Gasteiger partial charge on any atom is -0.358 e. The first-order valence-electron chi connectivity index (χ1n) is 3.56. The van der Waals surface area contributed by atoms with Crippen molar-refractivity contribution in [3.05, 3.63) is 38.1 Å². The van der Waals surface area contributed by atoms with Gasteiger partial charge in [0.05, 0.1) is 9.50 Å². The van der Waals surface area contributed by atoms with E-state index >= 15 is 0 Å². The van der Waals surface area contributed by atoms with Crippen molar-refractivity contribution in [3.8, 4) is 0 Å². The Kier molecular flexibility index (Phi) is 2.16. The number of fused-ring (bicyclic) bond motifs is 1. The van der Waals surface area contributed by atoms with Gasteiger partial charge in [0.2, 0.25) is 5.65 Å². The van der Waals surface area contributed by atoms with Crippen molar-refractivity contribution in [3.63, 3.8) is 0 Å². The topological polar surface area (TPSA) is 60.4 Å². The van der Waals surface area contributed by atoms with Crippen LogP contribution < -0.4 is 0 Å². The first-order valence-corrected chi connectivity index (χ1v) is 4.73. The fourth-order valence-corrected chi connectivity index (χ4v) is 2.02. The van der Waals surface area contributed by atoms with Crippen molar-refractivity contribution >= 4 is 39.0 Å². The number of imidazole rings is 1. The molecule has 0 amide bonds. The Morgan fingerprint density at radius 1 is 1.64 bits per heavy atom. The number of hydrogen-bond acceptors (Lipinski definition) is 3. The van der Waals surface area contributed by atoms with Gasteiger partial charge in [0.25, 0.3) is 0 Å². The second kappa shape index (κ2) is 3.21. The zero-order chi connectivity index (χ0) is 10.3. The summed E-state index contributed by atoms with van der Waals surface area (Å²) in [5, 5.41) is 11.0. The Morgan fingerprint density at radius 3 is 3.00 bits per heavy atom. The maximum Gasteiger partial charge on any atom is 0.347 e. The van der Waals surface area contributed by atoms with Crippen molar-refractivity contribution in [1.29, 1.82) is 0 Å². The molecule has 7 heteroatoms. The van der Waals surface area contributed by atoms with Gasteiger partial charge < -0.3 is 10.1 Å². The summed E-state index contributed by atoms with van der Waals surface area (Å²) in [5.41, 5.74) is 0.473. The van der Waals surface area contributed by atoms with Crippen LogP contribution in [0.15, 0.2) is 22.9 Å². The number of nitrogens with zero attached hydrogens (tertiary/aromatic N) is 3. The molecule has 2 aromatic rings. The van der Waals surface area contributed by atoms with Gasteiger partial charge in [0, 0.05) is 0 Å². The van der Waals surface area contributed by atoms with E-state index < -0.39 is 4.92 Å². The number of aromatic nitrogens is 2. The summed E-state index contributed by atoms with van der Waals surface area (Å²) in [6, 6.07) is 1.63. The molecule has 0 aliphatic heterocycles. The van der Waals surface area contributed by atoms with Crippen LogP contribution in [0.3, 0.4) is 0 Å². The summed E-state index contributed by atoms with van der Waals surface area (Å²) < 4.78 is 1.95. The van der Waals surface area contributed by atoms with Crippen molar-refractivity contribution in [1.82, 2.24) is 9.38 Å². The van der Waals surface area contributed by atoms with Crippen LogP contribution in [0.25, 0.3) is 5.65 Å². The van der Waals surface area contributed by atoms with Gasteiger partial charge in [-0.3, -0.25) is 0 Å². The molecule has 2 rings (SSSR count). The molecule has 0 aliphatic carbocycles. The zero-order valence-electron chi connectivity index (χ0n) is 6.65. The standard InChI is InChI=1S/C7H3BrClN3O2/c8-5-1-4(9)3-11-6(12(13)14)2-10-7(5)11/h1-3H. The lowest BCUT2D eigenvalue weighted by atomic mass is 10.5. The average molecular weight is 276 g/mol. The Labute approximate surface area is 91.6 Å². The van der Waals surface area contributed by atoms with Crippen LogP contribution in [0.4, 0.5) is 5.82 Å². The van der Waals surface area contributed by atoms with E-state index in [4.69, 9.17) is 11.6 Å². The van der Waals surface area contributed by atoms with E-state index in [1.807, 2.05) is 0 Å². The number of nitro groups is 1. The number of hydrogen-bond donors (Lipinski definition) is 0. The molecule has 0 unspecified atom stereocenters. The SMILES string of the molecule is O=[N+]([O-])c1cnc2c(Br)cc(Cl)cn12. The molecule has 2 aromatic heterocycles. The first kappa shape index (κ1) is 9.42. The Balaban J connectivity index is 2.85. The molecule has 0 radical (unpaired) electrons. The highest BCUT2D eigenvalue weighted by Gasteiger charge is 2.16. The van der Waals surface area contributed by atoms with Crippen molar-refractivity contribution in [2.75, 3.05) is 0 Å². The third-order valence-corrected chi connectivity index (χ3v) is 2.49. The van der Waals surface area contributed by atoms with E-state index in [0.717, 1.165) is 0 Å². The molecule has 0 saturated heterocycles. The minimum absolute atomic E-state index is 0.108. The van der Waals surface area contributed by atoms with Crippen LogP contribution in [-0.4, -0.2) is 14.3 Å². The van der Waals surface area contributed by atoms with Crippen LogP contribution in [0.1, 0.15) is 0 Å². The van der Waals surface area contributed by atoms with Gasteiger partial charge in [-0.2, -0.15) is 4.40 Å². The molecule has 0 aliphatic rings. The lowest BCUT2D eigenvalue weighted by molar-refractivity contribution is -0.390. The summed E-state index contributed by atoms with van der Waals surface area (Å²) in [6.45, 7) is 0. The van der Waals surface area contributed by atoms with Crippen molar-refractivity contribution < 1.29 is 4.92 Å². The van der Waals surface area contributed by atoms with Gasteiger partial charge in [0.15, 0.2) is 0 Å². The van der Waals surface area contributed by atoms with Gasteiger partial charge in [-0.25, -0.2) is 4.98 Å². The van der Waals surface area contributed by atoms with E-state index in [1.54, 1.807) is 6.07 Å². The lowest BCUT2D eigenvalue weighted by Crippen LogP contribution is -1.94. The quantitative estimate of drug-likeness (QED) is 0.594. The van der Waals surface area contributed by atoms with Crippen molar-refractivity contribution in [2.24, 2.45) is 0 Å². The lowest BCUT2D eigenvalue weighted by Gasteiger charge is -1.95. The molecular formula is C7H3BrClN3O2. The van der Waals surface area contributed by atoms with Gasteiger partial charge in [-0.05, 0) is 26.9 Å². The van der Waals surface area contributed by atoms with E-state index in [2.05, 4.69) is 20.9 Å². The predicted octanol–water partition coefficient (Wildman–Crippen LogP) is 2.66. The molecule has 0 bridgehead atoms. The third-order valence-electron chi connectivity index (χ3n) is 1.70. The molecular weight excluding hydrogens is 273 g/mol. The highest BCUT2D eigenvalue weighted by Crippen LogP contribution is 2.25. The molecule has 0 atom stereocenters. The second-order valence-corrected chi connectivity index (χ2v) is 3.86. The Bertz CT molecular complexity index is 525. The zero-order valence-corrected chi connectivity index (χ0v) is 8.99. The summed E-state index contributed by atoms with van der Waals surface area (Å²) >= 11 is 8.98. The van der Waals surface area contributed by atoms with E-state index in [9.17, 15) is 10.1 Å². The number of rotatable bonds is 1. The summed E-state index contributed by atoms with van der Waals surface area (Å²) in [7, 11) is 0. The summed E-state index contributed by atoms with van der Waals surface area (Å²) in [4.78, 5) is 14.0. The molecule has 0 N–H and O–H groups in total.